The molecule has 6 nitrogen and oxygen atoms in total. The molecule has 0 radical (unpaired) electrons. The number of rotatable bonds is 7. The molecule has 0 spiro atoms. The third kappa shape index (κ3) is 4.71. The van der Waals surface area contributed by atoms with E-state index in [0.717, 1.165) is 61.8 Å². The standard InChI is InChI=1S/C24H28N4O2/c1-30-23-11-6-5-10-22(23)27-18-16-26(17-19-27)14-7-15-28-24(29)13-12-21(25-28)20-8-3-2-4-9-20/h2-6,8-13H,7,14-19H2,1H3. The predicted octanol–water partition coefficient (Wildman–Crippen LogP) is 3.13. The van der Waals surface area contributed by atoms with Gasteiger partial charge in [-0.05, 0) is 24.6 Å². The maximum atomic E-state index is 12.2. The quantitative estimate of drug-likeness (QED) is 0.606. The van der Waals surface area contributed by atoms with Gasteiger partial charge in [-0.25, -0.2) is 4.68 Å². The SMILES string of the molecule is COc1ccccc1N1CCN(CCCn2nc(-c3ccccc3)ccc2=O)CC1. The summed E-state index contributed by atoms with van der Waals surface area (Å²) in [6.45, 7) is 5.55. The highest BCUT2D eigenvalue weighted by Gasteiger charge is 2.19. The van der Waals surface area contributed by atoms with Crippen molar-refractivity contribution >= 4 is 5.69 Å². The number of para-hydroxylation sites is 2. The van der Waals surface area contributed by atoms with Crippen LogP contribution in [0.4, 0.5) is 5.69 Å². The van der Waals surface area contributed by atoms with E-state index in [-0.39, 0.29) is 5.56 Å². The largest absolute Gasteiger partial charge is 0.495 e. The second-order valence-electron chi connectivity index (χ2n) is 7.50. The van der Waals surface area contributed by atoms with E-state index in [1.54, 1.807) is 23.9 Å². The topological polar surface area (TPSA) is 50.6 Å². The van der Waals surface area contributed by atoms with Crippen LogP contribution in [0.25, 0.3) is 11.3 Å². The fraction of sp³-hybridized carbons (Fsp3) is 0.333. The lowest BCUT2D eigenvalue weighted by molar-refractivity contribution is 0.247. The first-order valence-corrected chi connectivity index (χ1v) is 10.5. The Morgan fingerprint density at radius 2 is 1.60 bits per heavy atom. The van der Waals surface area contributed by atoms with Crippen molar-refractivity contribution in [2.24, 2.45) is 0 Å². The van der Waals surface area contributed by atoms with Gasteiger partial charge in [-0.3, -0.25) is 9.69 Å². The summed E-state index contributed by atoms with van der Waals surface area (Å²) in [7, 11) is 1.72. The van der Waals surface area contributed by atoms with Crippen molar-refractivity contribution in [3.05, 3.63) is 77.1 Å². The summed E-state index contributed by atoms with van der Waals surface area (Å²) in [5.41, 5.74) is 2.98. The maximum absolute atomic E-state index is 12.2. The normalized spacial score (nSPS) is 14.6. The minimum absolute atomic E-state index is 0.0457. The van der Waals surface area contributed by atoms with Gasteiger partial charge in [0.15, 0.2) is 0 Å². The summed E-state index contributed by atoms with van der Waals surface area (Å²) in [5.74, 6) is 0.926. The summed E-state index contributed by atoms with van der Waals surface area (Å²) in [6, 6.07) is 21.6. The van der Waals surface area contributed by atoms with Crippen LogP contribution in [0.2, 0.25) is 0 Å². The second kappa shape index (κ2) is 9.59. The number of ether oxygens (including phenoxy) is 1. The zero-order valence-electron chi connectivity index (χ0n) is 17.4. The van der Waals surface area contributed by atoms with Crippen molar-refractivity contribution in [1.29, 1.82) is 0 Å². The Labute approximate surface area is 177 Å². The summed E-state index contributed by atoms with van der Waals surface area (Å²) in [5, 5.41) is 4.56. The van der Waals surface area contributed by atoms with E-state index >= 15 is 0 Å². The van der Waals surface area contributed by atoms with E-state index in [1.165, 1.54) is 0 Å². The van der Waals surface area contributed by atoms with Crippen LogP contribution in [0.15, 0.2) is 71.5 Å². The van der Waals surface area contributed by atoms with Crippen molar-refractivity contribution in [3.63, 3.8) is 0 Å². The van der Waals surface area contributed by atoms with Gasteiger partial charge in [0.2, 0.25) is 0 Å². The molecule has 0 N–H and O–H groups in total. The molecule has 0 saturated carbocycles. The molecule has 2 heterocycles. The lowest BCUT2D eigenvalue weighted by atomic mass is 10.1. The third-order valence-corrected chi connectivity index (χ3v) is 5.58. The number of hydrogen-bond acceptors (Lipinski definition) is 5. The van der Waals surface area contributed by atoms with Gasteiger partial charge >= 0.3 is 0 Å². The Morgan fingerprint density at radius 3 is 2.37 bits per heavy atom. The average molecular weight is 405 g/mol. The Bertz CT molecular complexity index is 1010. The first-order valence-electron chi connectivity index (χ1n) is 10.5. The number of aromatic nitrogens is 2. The molecule has 0 unspecified atom stereocenters. The van der Waals surface area contributed by atoms with Gasteiger partial charge in [0, 0.05) is 50.9 Å². The van der Waals surface area contributed by atoms with Crippen molar-refractivity contribution in [2.75, 3.05) is 44.7 Å². The third-order valence-electron chi connectivity index (χ3n) is 5.58. The first kappa shape index (κ1) is 20.2. The number of nitrogens with zero attached hydrogens (tertiary/aromatic N) is 4. The predicted molar refractivity (Wildman–Crippen MR) is 120 cm³/mol. The van der Waals surface area contributed by atoms with E-state index < -0.39 is 0 Å². The molecule has 3 aromatic rings. The zero-order chi connectivity index (χ0) is 20.8. The summed E-state index contributed by atoms with van der Waals surface area (Å²) in [6.07, 6.45) is 0.903. The molecule has 1 aliphatic heterocycles. The molecule has 1 aliphatic rings. The molecule has 0 atom stereocenters. The van der Waals surface area contributed by atoms with Gasteiger partial charge in [0.1, 0.15) is 5.75 Å². The molecule has 4 rings (SSSR count). The maximum Gasteiger partial charge on any atom is 0.266 e. The lowest BCUT2D eigenvalue weighted by Gasteiger charge is -2.36. The highest BCUT2D eigenvalue weighted by Crippen LogP contribution is 2.28. The van der Waals surface area contributed by atoms with Crippen LogP contribution >= 0.6 is 0 Å². The van der Waals surface area contributed by atoms with E-state index in [2.05, 4.69) is 27.0 Å². The van der Waals surface area contributed by atoms with Gasteiger partial charge in [-0.1, -0.05) is 42.5 Å². The van der Waals surface area contributed by atoms with Crippen molar-refractivity contribution in [2.45, 2.75) is 13.0 Å². The molecule has 1 saturated heterocycles. The van der Waals surface area contributed by atoms with Gasteiger partial charge in [-0.15, -0.1) is 0 Å². The minimum atomic E-state index is -0.0457. The van der Waals surface area contributed by atoms with E-state index in [9.17, 15) is 4.79 Å². The number of anilines is 1. The van der Waals surface area contributed by atoms with Gasteiger partial charge in [0.05, 0.1) is 18.5 Å². The van der Waals surface area contributed by atoms with Gasteiger partial charge < -0.3 is 9.64 Å². The van der Waals surface area contributed by atoms with Crippen molar-refractivity contribution in [3.8, 4) is 17.0 Å². The van der Waals surface area contributed by atoms with Crippen molar-refractivity contribution in [1.82, 2.24) is 14.7 Å². The lowest BCUT2D eigenvalue weighted by Crippen LogP contribution is -2.47. The molecule has 0 bridgehead atoms. The average Bonchev–Trinajstić information content (AvgIpc) is 2.81. The highest BCUT2D eigenvalue weighted by atomic mass is 16.5. The van der Waals surface area contributed by atoms with Crippen LogP contribution in [-0.4, -0.2) is 54.5 Å². The van der Waals surface area contributed by atoms with Crippen LogP contribution in [0.1, 0.15) is 6.42 Å². The summed E-state index contributed by atoms with van der Waals surface area (Å²) >= 11 is 0. The Balaban J connectivity index is 1.30. The molecule has 0 amide bonds. The summed E-state index contributed by atoms with van der Waals surface area (Å²) in [4.78, 5) is 17.0. The minimum Gasteiger partial charge on any atom is -0.495 e. The van der Waals surface area contributed by atoms with Crippen LogP contribution in [-0.2, 0) is 6.54 Å². The number of hydrogen-bond donors (Lipinski definition) is 0. The molecule has 1 fully saturated rings. The van der Waals surface area contributed by atoms with Crippen LogP contribution < -0.4 is 15.2 Å². The van der Waals surface area contributed by atoms with Crippen LogP contribution in [0.5, 0.6) is 5.75 Å². The molecule has 156 valence electrons. The van der Waals surface area contributed by atoms with E-state index in [0.29, 0.717) is 6.54 Å². The first-order chi connectivity index (χ1) is 14.7. The molecule has 30 heavy (non-hydrogen) atoms. The number of piperazine rings is 1. The van der Waals surface area contributed by atoms with Crippen LogP contribution in [0.3, 0.4) is 0 Å². The number of methoxy groups -OCH3 is 1. The van der Waals surface area contributed by atoms with E-state index in [1.807, 2.05) is 42.5 Å². The van der Waals surface area contributed by atoms with E-state index in [4.69, 9.17) is 4.74 Å². The number of benzene rings is 2. The van der Waals surface area contributed by atoms with Crippen LogP contribution in [0, 0.1) is 0 Å². The van der Waals surface area contributed by atoms with Crippen molar-refractivity contribution < 1.29 is 4.74 Å². The fourth-order valence-corrected chi connectivity index (χ4v) is 3.92. The van der Waals surface area contributed by atoms with Gasteiger partial charge in [-0.2, -0.15) is 5.10 Å². The zero-order valence-corrected chi connectivity index (χ0v) is 17.4. The number of aryl methyl sites for hydroxylation is 1. The Hall–Kier alpha value is -3.12. The molecular formula is C24H28N4O2. The summed E-state index contributed by atoms with van der Waals surface area (Å²) < 4.78 is 7.09. The Kier molecular flexibility index (Phi) is 6.44. The molecule has 2 aromatic carbocycles. The monoisotopic (exact) mass is 404 g/mol. The molecular weight excluding hydrogens is 376 g/mol. The smallest absolute Gasteiger partial charge is 0.266 e. The van der Waals surface area contributed by atoms with Gasteiger partial charge in [0.25, 0.3) is 5.56 Å². The molecule has 0 aliphatic carbocycles. The Morgan fingerprint density at radius 1 is 0.867 bits per heavy atom. The fourth-order valence-electron chi connectivity index (χ4n) is 3.92. The second-order valence-corrected chi connectivity index (χ2v) is 7.50. The molecule has 6 heteroatoms. The molecule has 1 aromatic heterocycles. The highest BCUT2D eigenvalue weighted by molar-refractivity contribution is 5.59.